The van der Waals surface area contributed by atoms with Crippen LogP contribution in [0.25, 0.3) is 0 Å². The molecule has 9 heteroatoms. The van der Waals surface area contributed by atoms with Gasteiger partial charge in [0.05, 0.1) is 17.9 Å². The lowest BCUT2D eigenvalue weighted by atomic mass is 10.3. The first kappa shape index (κ1) is 18.9. The van der Waals surface area contributed by atoms with Crippen molar-refractivity contribution in [2.24, 2.45) is 0 Å². The Morgan fingerprint density at radius 2 is 1.78 bits per heavy atom. The third-order valence-corrected chi connectivity index (χ3v) is 4.23. The number of nitrogens with one attached hydrogen (secondary N) is 2. The van der Waals surface area contributed by atoms with Crippen molar-refractivity contribution in [3.63, 3.8) is 0 Å². The van der Waals surface area contributed by atoms with E-state index < -0.39 is 21.9 Å². The molecular formula is C14H20N2O6S. The number of carbonyl (C=O) groups is 2. The molecule has 0 unspecified atom stereocenters. The van der Waals surface area contributed by atoms with Gasteiger partial charge < -0.3 is 15.2 Å². The maximum Gasteiger partial charge on any atom is 0.305 e. The summed E-state index contributed by atoms with van der Waals surface area (Å²) in [5.41, 5.74) is 0. The van der Waals surface area contributed by atoms with Gasteiger partial charge in [-0.3, -0.25) is 9.59 Å². The van der Waals surface area contributed by atoms with E-state index in [1.54, 1.807) is 12.1 Å². The molecule has 0 atom stereocenters. The lowest BCUT2D eigenvalue weighted by Gasteiger charge is -2.08. The number of benzene rings is 1. The molecule has 0 radical (unpaired) electrons. The SMILES string of the molecule is CCOc1ccc(S(=O)(=O)NCCC(=O)NCCC(=O)O)cc1. The van der Waals surface area contributed by atoms with Crippen molar-refractivity contribution >= 4 is 21.9 Å². The van der Waals surface area contributed by atoms with E-state index in [2.05, 4.69) is 10.0 Å². The van der Waals surface area contributed by atoms with Gasteiger partial charge in [0.2, 0.25) is 15.9 Å². The van der Waals surface area contributed by atoms with Crippen molar-refractivity contribution in [3.05, 3.63) is 24.3 Å². The van der Waals surface area contributed by atoms with E-state index >= 15 is 0 Å². The van der Waals surface area contributed by atoms with Gasteiger partial charge in [0.25, 0.3) is 0 Å². The Kier molecular flexibility index (Phi) is 7.49. The van der Waals surface area contributed by atoms with Crippen LogP contribution in [-0.2, 0) is 19.6 Å². The summed E-state index contributed by atoms with van der Waals surface area (Å²) >= 11 is 0. The van der Waals surface area contributed by atoms with E-state index in [1.165, 1.54) is 12.1 Å². The van der Waals surface area contributed by atoms with Gasteiger partial charge >= 0.3 is 5.97 Å². The fourth-order valence-electron chi connectivity index (χ4n) is 1.66. The minimum Gasteiger partial charge on any atom is -0.494 e. The highest BCUT2D eigenvalue weighted by atomic mass is 32.2. The summed E-state index contributed by atoms with van der Waals surface area (Å²) in [5.74, 6) is -0.855. The highest BCUT2D eigenvalue weighted by Gasteiger charge is 2.14. The Morgan fingerprint density at radius 3 is 2.35 bits per heavy atom. The summed E-state index contributed by atoms with van der Waals surface area (Å²) in [7, 11) is -3.70. The van der Waals surface area contributed by atoms with Gasteiger partial charge in [-0.2, -0.15) is 0 Å². The highest BCUT2D eigenvalue weighted by Crippen LogP contribution is 2.15. The van der Waals surface area contributed by atoms with E-state index in [0.717, 1.165) is 0 Å². The summed E-state index contributed by atoms with van der Waals surface area (Å²) < 4.78 is 31.6. The molecule has 0 bridgehead atoms. The molecule has 1 amide bonds. The van der Waals surface area contributed by atoms with E-state index in [1.807, 2.05) is 6.92 Å². The largest absolute Gasteiger partial charge is 0.494 e. The minimum absolute atomic E-state index is 0.0137. The number of ether oxygens (including phenoxy) is 1. The van der Waals surface area contributed by atoms with Gasteiger partial charge in [-0.15, -0.1) is 0 Å². The van der Waals surface area contributed by atoms with Crippen molar-refractivity contribution < 1.29 is 27.9 Å². The Balaban J connectivity index is 2.43. The van der Waals surface area contributed by atoms with Gasteiger partial charge in [0.15, 0.2) is 0 Å². The van der Waals surface area contributed by atoms with Gasteiger partial charge in [-0.1, -0.05) is 0 Å². The van der Waals surface area contributed by atoms with Gasteiger partial charge in [0, 0.05) is 19.5 Å². The molecule has 0 spiro atoms. The van der Waals surface area contributed by atoms with Crippen LogP contribution >= 0.6 is 0 Å². The number of carbonyl (C=O) groups excluding carboxylic acids is 1. The molecule has 0 saturated heterocycles. The zero-order valence-corrected chi connectivity index (χ0v) is 13.6. The van der Waals surface area contributed by atoms with Crippen LogP contribution in [0, 0.1) is 0 Å². The molecule has 128 valence electrons. The third kappa shape index (κ3) is 7.11. The molecule has 0 aliphatic carbocycles. The fourth-order valence-corrected chi connectivity index (χ4v) is 2.69. The molecule has 0 heterocycles. The predicted octanol–water partition coefficient (Wildman–Crippen LogP) is 0.345. The van der Waals surface area contributed by atoms with Crippen molar-refractivity contribution in [1.82, 2.24) is 10.0 Å². The quantitative estimate of drug-likeness (QED) is 0.563. The topological polar surface area (TPSA) is 122 Å². The van der Waals surface area contributed by atoms with E-state index in [0.29, 0.717) is 12.4 Å². The average molecular weight is 344 g/mol. The third-order valence-electron chi connectivity index (χ3n) is 2.75. The second kappa shape index (κ2) is 9.11. The molecule has 0 aromatic heterocycles. The first-order valence-corrected chi connectivity index (χ1v) is 8.54. The number of carboxylic acid groups (broad SMARTS) is 1. The summed E-state index contributed by atoms with van der Waals surface area (Å²) in [6.45, 7) is 2.25. The van der Waals surface area contributed by atoms with Crippen LogP contribution in [-0.4, -0.2) is 45.1 Å². The Bertz CT molecular complexity index is 627. The van der Waals surface area contributed by atoms with E-state index in [9.17, 15) is 18.0 Å². The van der Waals surface area contributed by atoms with Crippen LogP contribution in [0.2, 0.25) is 0 Å². The summed E-state index contributed by atoms with van der Waals surface area (Å²) in [6.07, 6.45) is -0.250. The maximum absolute atomic E-state index is 12.0. The lowest BCUT2D eigenvalue weighted by molar-refractivity contribution is -0.136. The van der Waals surface area contributed by atoms with Crippen molar-refractivity contribution in [2.75, 3.05) is 19.7 Å². The minimum atomic E-state index is -3.70. The zero-order valence-electron chi connectivity index (χ0n) is 12.7. The monoisotopic (exact) mass is 344 g/mol. The first-order chi connectivity index (χ1) is 10.8. The Morgan fingerprint density at radius 1 is 1.13 bits per heavy atom. The van der Waals surface area contributed by atoms with Crippen LogP contribution in [0.3, 0.4) is 0 Å². The van der Waals surface area contributed by atoms with E-state index in [4.69, 9.17) is 9.84 Å². The summed E-state index contributed by atoms with van der Waals surface area (Å²) in [5, 5.41) is 10.8. The Labute approximate surface area is 134 Å². The zero-order chi connectivity index (χ0) is 17.3. The van der Waals surface area contributed by atoms with Gasteiger partial charge in [-0.25, -0.2) is 13.1 Å². The van der Waals surface area contributed by atoms with Crippen molar-refractivity contribution in [2.45, 2.75) is 24.7 Å². The second-order valence-corrected chi connectivity index (χ2v) is 6.31. The van der Waals surface area contributed by atoms with Crippen molar-refractivity contribution in [3.8, 4) is 5.75 Å². The summed E-state index contributed by atoms with van der Waals surface area (Å²) in [4.78, 5) is 21.8. The standard InChI is InChI=1S/C14H20N2O6S/c1-2-22-11-3-5-12(6-4-11)23(20,21)16-10-7-13(17)15-9-8-14(18)19/h3-6,16H,2,7-10H2,1H3,(H,15,17)(H,18,19). The molecule has 1 aromatic carbocycles. The number of hydrogen-bond donors (Lipinski definition) is 3. The molecule has 0 aliphatic rings. The van der Waals surface area contributed by atoms with Crippen LogP contribution in [0.4, 0.5) is 0 Å². The molecule has 1 aromatic rings. The maximum atomic E-state index is 12.0. The molecule has 0 aliphatic heterocycles. The van der Waals surface area contributed by atoms with Crippen LogP contribution in [0.1, 0.15) is 19.8 Å². The number of aliphatic carboxylic acids is 1. The number of amides is 1. The van der Waals surface area contributed by atoms with Crippen molar-refractivity contribution in [1.29, 1.82) is 0 Å². The summed E-state index contributed by atoms with van der Waals surface area (Å²) in [6, 6.07) is 5.94. The number of rotatable bonds is 10. The van der Waals surface area contributed by atoms with E-state index in [-0.39, 0.29) is 30.8 Å². The number of carboxylic acids is 1. The molecule has 0 fully saturated rings. The highest BCUT2D eigenvalue weighted by molar-refractivity contribution is 7.89. The normalized spacial score (nSPS) is 11.0. The molecule has 8 nitrogen and oxygen atoms in total. The smallest absolute Gasteiger partial charge is 0.305 e. The second-order valence-electron chi connectivity index (χ2n) is 4.55. The van der Waals surface area contributed by atoms with Gasteiger partial charge in [0.1, 0.15) is 5.75 Å². The Hall–Kier alpha value is -2.13. The molecule has 3 N–H and O–H groups in total. The number of sulfonamides is 1. The lowest BCUT2D eigenvalue weighted by Crippen LogP contribution is -2.31. The van der Waals surface area contributed by atoms with Crippen LogP contribution in [0.5, 0.6) is 5.75 Å². The predicted molar refractivity (Wildman–Crippen MR) is 82.7 cm³/mol. The van der Waals surface area contributed by atoms with Crippen LogP contribution < -0.4 is 14.8 Å². The van der Waals surface area contributed by atoms with Crippen LogP contribution in [0.15, 0.2) is 29.2 Å². The number of hydrogen-bond acceptors (Lipinski definition) is 5. The first-order valence-electron chi connectivity index (χ1n) is 7.06. The molecule has 23 heavy (non-hydrogen) atoms. The average Bonchev–Trinajstić information content (AvgIpc) is 2.47. The molecule has 0 saturated carbocycles. The van der Waals surface area contributed by atoms with Gasteiger partial charge in [-0.05, 0) is 31.2 Å². The fraction of sp³-hybridized carbons (Fsp3) is 0.429. The molecular weight excluding hydrogens is 324 g/mol. The molecule has 1 rings (SSSR count).